The number of hydrogen-bond donors (Lipinski definition) is 1. The number of benzene rings is 2. The van der Waals surface area contributed by atoms with E-state index in [1.807, 2.05) is 19.1 Å². The molecule has 0 fully saturated rings. The zero-order chi connectivity index (χ0) is 14.0. The summed E-state index contributed by atoms with van der Waals surface area (Å²) in [6.07, 6.45) is 0.703. The molecule has 100 valence electrons. The van der Waals surface area contributed by atoms with Gasteiger partial charge in [0.05, 0.1) is 0 Å². The standard InChI is InChI=1S/C17H20FN/c1-12-6-4-7-13(2)16(12)11-17(3,19)14-8-5-9-15(18)10-14/h4-10H,11,19H2,1-3H3. The smallest absolute Gasteiger partial charge is 0.123 e. The lowest BCUT2D eigenvalue weighted by molar-refractivity contribution is 0.484. The maximum absolute atomic E-state index is 13.3. The summed E-state index contributed by atoms with van der Waals surface area (Å²) in [5, 5.41) is 0. The summed E-state index contributed by atoms with van der Waals surface area (Å²) in [6.45, 7) is 6.13. The molecule has 0 aromatic heterocycles. The molecule has 0 aliphatic heterocycles. The molecule has 0 amide bonds. The third kappa shape index (κ3) is 3.02. The molecule has 2 aromatic rings. The number of nitrogens with two attached hydrogens (primary N) is 1. The normalized spacial score (nSPS) is 14.2. The Kier molecular flexibility index (Phi) is 3.72. The summed E-state index contributed by atoms with van der Waals surface area (Å²) in [5.74, 6) is -0.240. The van der Waals surface area contributed by atoms with E-state index in [9.17, 15) is 4.39 Å². The zero-order valence-electron chi connectivity index (χ0n) is 11.7. The highest BCUT2D eigenvalue weighted by atomic mass is 19.1. The van der Waals surface area contributed by atoms with Crippen molar-refractivity contribution in [3.8, 4) is 0 Å². The molecule has 19 heavy (non-hydrogen) atoms. The number of rotatable bonds is 3. The SMILES string of the molecule is Cc1cccc(C)c1CC(C)(N)c1cccc(F)c1. The highest BCUT2D eigenvalue weighted by Gasteiger charge is 2.23. The van der Waals surface area contributed by atoms with Crippen LogP contribution in [-0.2, 0) is 12.0 Å². The first-order valence-corrected chi connectivity index (χ1v) is 6.50. The zero-order valence-corrected chi connectivity index (χ0v) is 11.7. The molecule has 0 spiro atoms. The molecule has 0 aliphatic carbocycles. The molecule has 0 bridgehead atoms. The summed E-state index contributed by atoms with van der Waals surface area (Å²) in [6, 6.07) is 12.8. The molecule has 0 heterocycles. The van der Waals surface area contributed by atoms with Gasteiger partial charge in [-0.3, -0.25) is 0 Å². The Hall–Kier alpha value is -1.67. The maximum atomic E-state index is 13.3. The van der Waals surface area contributed by atoms with Gasteiger partial charge in [-0.2, -0.15) is 0 Å². The van der Waals surface area contributed by atoms with Gasteiger partial charge in [0.25, 0.3) is 0 Å². The quantitative estimate of drug-likeness (QED) is 0.887. The lowest BCUT2D eigenvalue weighted by Crippen LogP contribution is -2.36. The minimum atomic E-state index is -0.570. The monoisotopic (exact) mass is 257 g/mol. The van der Waals surface area contributed by atoms with Gasteiger partial charge >= 0.3 is 0 Å². The van der Waals surface area contributed by atoms with E-state index in [1.165, 1.54) is 28.8 Å². The van der Waals surface area contributed by atoms with Gasteiger partial charge in [-0.15, -0.1) is 0 Å². The molecule has 0 saturated carbocycles. The van der Waals surface area contributed by atoms with E-state index >= 15 is 0 Å². The minimum absolute atomic E-state index is 0.240. The molecule has 0 aliphatic rings. The number of halogens is 1. The second-order valence-corrected chi connectivity index (χ2v) is 5.47. The molecule has 0 saturated heterocycles. The van der Waals surface area contributed by atoms with Crippen molar-refractivity contribution < 1.29 is 4.39 Å². The van der Waals surface area contributed by atoms with Crippen molar-refractivity contribution in [2.75, 3.05) is 0 Å². The van der Waals surface area contributed by atoms with Crippen LogP contribution in [0, 0.1) is 19.7 Å². The molecule has 2 aromatic carbocycles. The number of hydrogen-bond acceptors (Lipinski definition) is 1. The fourth-order valence-corrected chi connectivity index (χ4v) is 2.44. The van der Waals surface area contributed by atoms with Gasteiger partial charge in [0.1, 0.15) is 5.82 Å². The first-order chi connectivity index (χ1) is 8.90. The molecule has 2 N–H and O–H groups in total. The van der Waals surface area contributed by atoms with Crippen molar-refractivity contribution in [2.24, 2.45) is 5.73 Å². The van der Waals surface area contributed by atoms with Gasteiger partial charge in [0.15, 0.2) is 0 Å². The van der Waals surface area contributed by atoms with Crippen LogP contribution in [0.1, 0.15) is 29.2 Å². The first kappa shape index (κ1) is 13.8. The van der Waals surface area contributed by atoms with Gasteiger partial charge < -0.3 is 5.73 Å². The van der Waals surface area contributed by atoms with Crippen molar-refractivity contribution in [1.82, 2.24) is 0 Å². The van der Waals surface area contributed by atoms with Crippen molar-refractivity contribution >= 4 is 0 Å². The fraction of sp³-hybridized carbons (Fsp3) is 0.294. The molecule has 2 heteroatoms. The Morgan fingerprint density at radius 2 is 1.63 bits per heavy atom. The first-order valence-electron chi connectivity index (χ1n) is 6.50. The summed E-state index contributed by atoms with van der Waals surface area (Å²) < 4.78 is 13.3. The fourth-order valence-electron chi connectivity index (χ4n) is 2.44. The minimum Gasteiger partial charge on any atom is -0.321 e. The van der Waals surface area contributed by atoms with Crippen LogP contribution in [0.3, 0.4) is 0 Å². The van der Waals surface area contributed by atoms with Crippen LogP contribution < -0.4 is 5.73 Å². The van der Waals surface area contributed by atoms with Gasteiger partial charge in [-0.25, -0.2) is 4.39 Å². The topological polar surface area (TPSA) is 26.0 Å². The van der Waals surface area contributed by atoms with Crippen LogP contribution in [0.25, 0.3) is 0 Å². The van der Waals surface area contributed by atoms with Crippen molar-refractivity contribution in [3.05, 3.63) is 70.5 Å². The van der Waals surface area contributed by atoms with E-state index < -0.39 is 5.54 Å². The van der Waals surface area contributed by atoms with E-state index in [1.54, 1.807) is 6.07 Å². The molecule has 1 unspecified atom stereocenters. The van der Waals surface area contributed by atoms with Crippen molar-refractivity contribution in [1.29, 1.82) is 0 Å². The van der Waals surface area contributed by atoms with Crippen molar-refractivity contribution in [2.45, 2.75) is 32.7 Å². The third-order valence-electron chi connectivity index (χ3n) is 3.67. The molecule has 1 nitrogen and oxygen atoms in total. The molecular weight excluding hydrogens is 237 g/mol. The largest absolute Gasteiger partial charge is 0.321 e. The summed E-state index contributed by atoms with van der Waals surface area (Å²) in [4.78, 5) is 0. The highest BCUT2D eigenvalue weighted by Crippen LogP contribution is 2.26. The van der Waals surface area contributed by atoms with Gasteiger partial charge in [0.2, 0.25) is 0 Å². The Labute approximate surface area is 114 Å². The van der Waals surface area contributed by atoms with E-state index in [2.05, 4.69) is 26.0 Å². The second kappa shape index (κ2) is 5.14. The molecule has 2 rings (SSSR count). The Morgan fingerprint density at radius 1 is 1.05 bits per heavy atom. The Morgan fingerprint density at radius 3 is 2.21 bits per heavy atom. The van der Waals surface area contributed by atoms with E-state index in [0.29, 0.717) is 6.42 Å². The lowest BCUT2D eigenvalue weighted by atomic mass is 9.84. The van der Waals surface area contributed by atoms with E-state index in [-0.39, 0.29) is 5.82 Å². The van der Waals surface area contributed by atoms with Gasteiger partial charge in [0, 0.05) is 5.54 Å². The van der Waals surface area contributed by atoms with Crippen LogP contribution >= 0.6 is 0 Å². The Balaban J connectivity index is 2.36. The Bertz CT molecular complexity index is 567. The average molecular weight is 257 g/mol. The van der Waals surface area contributed by atoms with Crippen LogP contribution in [0.2, 0.25) is 0 Å². The van der Waals surface area contributed by atoms with Gasteiger partial charge in [-0.05, 0) is 61.6 Å². The summed E-state index contributed by atoms with van der Waals surface area (Å²) in [5.41, 5.74) is 10.4. The molecule has 1 atom stereocenters. The summed E-state index contributed by atoms with van der Waals surface area (Å²) >= 11 is 0. The predicted octanol–water partition coefficient (Wildman–Crippen LogP) is 3.86. The van der Waals surface area contributed by atoms with Crippen LogP contribution in [-0.4, -0.2) is 0 Å². The van der Waals surface area contributed by atoms with E-state index in [0.717, 1.165) is 5.56 Å². The lowest BCUT2D eigenvalue weighted by Gasteiger charge is -2.27. The van der Waals surface area contributed by atoms with Crippen molar-refractivity contribution in [3.63, 3.8) is 0 Å². The highest BCUT2D eigenvalue weighted by molar-refractivity contribution is 5.37. The predicted molar refractivity (Wildman–Crippen MR) is 77.6 cm³/mol. The maximum Gasteiger partial charge on any atom is 0.123 e. The van der Waals surface area contributed by atoms with Crippen LogP contribution in [0.15, 0.2) is 42.5 Å². The van der Waals surface area contributed by atoms with Crippen LogP contribution in [0.5, 0.6) is 0 Å². The number of aryl methyl sites for hydroxylation is 2. The third-order valence-corrected chi connectivity index (χ3v) is 3.67. The van der Waals surface area contributed by atoms with E-state index in [4.69, 9.17) is 5.73 Å². The molecule has 0 radical (unpaired) electrons. The van der Waals surface area contributed by atoms with Gasteiger partial charge in [-0.1, -0.05) is 30.3 Å². The van der Waals surface area contributed by atoms with Crippen LogP contribution in [0.4, 0.5) is 4.39 Å². The molecular formula is C17H20FN. The second-order valence-electron chi connectivity index (χ2n) is 5.47. The summed E-state index contributed by atoms with van der Waals surface area (Å²) in [7, 11) is 0. The average Bonchev–Trinajstić information content (AvgIpc) is 2.34.